The monoisotopic (exact) mass is 157 g/mol. The van der Waals surface area contributed by atoms with Gasteiger partial charge < -0.3 is 0 Å². The van der Waals surface area contributed by atoms with Gasteiger partial charge in [0.2, 0.25) is 0 Å². The van der Waals surface area contributed by atoms with Crippen molar-refractivity contribution in [2.24, 2.45) is 0 Å². The molecule has 0 aromatic rings. The summed E-state index contributed by atoms with van der Waals surface area (Å²) in [6.45, 7) is 0. The van der Waals surface area contributed by atoms with Crippen molar-refractivity contribution in [2.75, 3.05) is 0 Å². The molecule has 0 bridgehead atoms. The van der Waals surface area contributed by atoms with Crippen LogP contribution in [0, 0.1) is 6.08 Å². The molecule has 0 heterocycles. The molecule has 0 fully saturated rings. The number of rotatable bonds is 1. The van der Waals surface area contributed by atoms with Crippen molar-refractivity contribution < 1.29 is 0 Å². The second-order valence-corrected chi connectivity index (χ2v) is 3.19. The van der Waals surface area contributed by atoms with Gasteiger partial charge >= 0.3 is 0 Å². The first-order valence-electron chi connectivity index (χ1n) is 4.57. The smallest absolute Gasteiger partial charge is 0.00914 e. The predicted octanol–water partition coefficient (Wildman–Crippen LogP) is 3.34. The summed E-state index contributed by atoms with van der Waals surface area (Å²) in [6.07, 6.45) is 18.9. The first kappa shape index (κ1) is 7.60. The predicted molar refractivity (Wildman–Crippen MR) is 51.6 cm³/mol. The van der Waals surface area contributed by atoms with Crippen LogP contribution in [0.4, 0.5) is 0 Å². The first-order chi connectivity index (χ1) is 5.97. The van der Waals surface area contributed by atoms with Gasteiger partial charge in [0.1, 0.15) is 0 Å². The van der Waals surface area contributed by atoms with E-state index >= 15 is 0 Å². The van der Waals surface area contributed by atoms with Gasteiger partial charge in [0.05, 0.1) is 0 Å². The van der Waals surface area contributed by atoms with Crippen molar-refractivity contribution in [1.82, 2.24) is 0 Å². The number of hydrogen-bond donors (Lipinski definition) is 0. The summed E-state index contributed by atoms with van der Waals surface area (Å²) in [6, 6.07) is 0. The van der Waals surface area contributed by atoms with Crippen molar-refractivity contribution in [3.05, 3.63) is 47.6 Å². The van der Waals surface area contributed by atoms with Gasteiger partial charge in [-0.15, -0.1) is 0 Å². The van der Waals surface area contributed by atoms with E-state index in [4.69, 9.17) is 0 Å². The SMILES string of the molecule is [C]1=C(C2=CC=CCC2)CC=CC1. The normalized spacial score (nSPS) is 22.0. The Morgan fingerprint density at radius 2 is 2.17 bits per heavy atom. The highest BCUT2D eigenvalue weighted by Crippen LogP contribution is 2.25. The zero-order valence-corrected chi connectivity index (χ0v) is 7.22. The second-order valence-electron chi connectivity index (χ2n) is 3.19. The van der Waals surface area contributed by atoms with Gasteiger partial charge in [0, 0.05) is 0 Å². The third-order valence-corrected chi connectivity index (χ3v) is 2.32. The van der Waals surface area contributed by atoms with E-state index < -0.39 is 0 Å². The van der Waals surface area contributed by atoms with Crippen molar-refractivity contribution in [3.63, 3.8) is 0 Å². The standard InChI is InChI=1S/C12H13/c1-3-7-11(8-4-1)12-9-5-2-6-10-12/h1-3,5,7H,4,6,8-9H2. The average molecular weight is 157 g/mol. The molecular formula is C12H13. The van der Waals surface area contributed by atoms with Crippen molar-refractivity contribution in [3.8, 4) is 0 Å². The topological polar surface area (TPSA) is 0 Å². The highest BCUT2D eigenvalue weighted by molar-refractivity contribution is 5.37. The molecule has 0 amide bonds. The quantitative estimate of drug-likeness (QED) is 0.512. The van der Waals surface area contributed by atoms with Crippen LogP contribution in [0.3, 0.4) is 0 Å². The highest BCUT2D eigenvalue weighted by Gasteiger charge is 2.06. The van der Waals surface area contributed by atoms with Crippen LogP contribution < -0.4 is 0 Å². The lowest BCUT2D eigenvalue weighted by Crippen LogP contribution is -1.94. The molecule has 0 spiro atoms. The molecule has 2 aliphatic rings. The Balaban J connectivity index is 2.13. The minimum Gasteiger partial charge on any atom is -0.0842 e. The summed E-state index contributed by atoms with van der Waals surface area (Å²) in [5.74, 6) is 0. The maximum atomic E-state index is 3.42. The van der Waals surface area contributed by atoms with Crippen LogP contribution in [-0.2, 0) is 0 Å². The molecule has 0 aromatic heterocycles. The molecule has 0 saturated carbocycles. The maximum absolute atomic E-state index is 3.42. The Morgan fingerprint density at radius 3 is 2.83 bits per heavy atom. The van der Waals surface area contributed by atoms with Gasteiger partial charge in [-0.05, 0) is 42.9 Å². The second kappa shape index (κ2) is 3.57. The Morgan fingerprint density at radius 1 is 1.17 bits per heavy atom. The summed E-state index contributed by atoms with van der Waals surface area (Å²) in [4.78, 5) is 0. The van der Waals surface area contributed by atoms with E-state index in [-0.39, 0.29) is 0 Å². The van der Waals surface area contributed by atoms with Gasteiger partial charge in [-0.3, -0.25) is 0 Å². The molecular weight excluding hydrogens is 144 g/mol. The molecule has 1 radical (unpaired) electrons. The van der Waals surface area contributed by atoms with Gasteiger partial charge in [0.25, 0.3) is 0 Å². The largest absolute Gasteiger partial charge is 0.0842 e. The summed E-state index contributed by atoms with van der Waals surface area (Å²) in [5, 5.41) is 0. The minimum absolute atomic E-state index is 0.996. The molecule has 2 aliphatic carbocycles. The van der Waals surface area contributed by atoms with E-state index in [2.05, 4.69) is 36.5 Å². The third-order valence-electron chi connectivity index (χ3n) is 2.32. The molecule has 2 rings (SSSR count). The summed E-state index contributed by atoms with van der Waals surface area (Å²) in [7, 11) is 0. The van der Waals surface area contributed by atoms with Crippen LogP contribution in [0.2, 0.25) is 0 Å². The molecule has 0 atom stereocenters. The Hall–Kier alpha value is -1.04. The van der Waals surface area contributed by atoms with Crippen molar-refractivity contribution >= 4 is 0 Å². The van der Waals surface area contributed by atoms with Crippen LogP contribution in [0.15, 0.2) is 41.5 Å². The number of allylic oxidation sites excluding steroid dienone is 8. The average Bonchev–Trinajstić information content (AvgIpc) is 2.21. The Labute approximate surface area is 74.0 Å². The van der Waals surface area contributed by atoms with Crippen LogP contribution in [0.1, 0.15) is 25.7 Å². The van der Waals surface area contributed by atoms with Crippen LogP contribution in [-0.4, -0.2) is 0 Å². The minimum atomic E-state index is 0.996. The zero-order chi connectivity index (χ0) is 8.23. The Kier molecular flexibility index (Phi) is 2.26. The van der Waals surface area contributed by atoms with Gasteiger partial charge in [0.15, 0.2) is 0 Å². The molecule has 0 N–H and O–H groups in total. The lowest BCUT2D eigenvalue weighted by Gasteiger charge is -2.13. The van der Waals surface area contributed by atoms with E-state index in [0.29, 0.717) is 0 Å². The van der Waals surface area contributed by atoms with E-state index in [1.54, 1.807) is 0 Å². The summed E-state index contributed by atoms with van der Waals surface area (Å²) in [5.41, 5.74) is 2.91. The fraction of sp³-hybridized carbons (Fsp3) is 0.333. The van der Waals surface area contributed by atoms with Crippen LogP contribution >= 0.6 is 0 Å². The van der Waals surface area contributed by atoms with E-state index in [0.717, 1.165) is 12.8 Å². The first-order valence-corrected chi connectivity index (χ1v) is 4.57. The maximum Gasteiger partial charge on any atom is -0.00914 e. The fourth-order valence-electron chi connectivity index (χ4n) is 1.64. The van der Waals surface area contributed by atoms with Gasteiger partial charge in [-0.1, -0.05) is 30.4 Å². The molecule has 12 heavy (non-hydrogen) atoms. The Bertz CT molecular complexity index is 274. The van der Waals surface area contributed by atoms with E-state index in [9.17, 15) is 0 Å². The van der Waals surface area contributed by atoms with Crippen LogP contribution in [0.25, 0.3) is 0 Å². The molecule has 0 saturated heterocycles. The number of hydrogen-bond acceptors (Lipinski definition) is 0. The summed E-state index contributed by atoms with van der Waals surface area (Å²) < 4.78 is 0. The molecule has 0 aliphatic heterocycles. The molecule has 0 aromatic carbocycles. The molecule has 61 valence electrons. The van der Waals surface area contributed by atoms with Gasteiger partial charge in [-0.25, -0.2) is 0 Å². The van der Waals surface area contributed by atoms with Crippen molar-refractivity contribution in [2.45, 2.75) is 25.7 Å². The van der Waals surface area contributed by atoms with E-state index in [1.165, 1.54) is 24.0 Å². The highest BCUT2D eigenvalue weighted by atomic mass is 14.1. The van der Waals surface area contributed by atoms with Crippen LogP contribution in [0.5, 0.6) is 0 Å². The van der Waals surface area contributed by atoms with Gasteiger partial charge in [-0.2, -0.15) is 0 Å². The summed E-state index contributed by atoms with van der Waals surface area (Å²) >= 11 is 0. The molecule has 0 heteroatoms. The lowest BCUT2D eigenvalue weighted by atomic mass is 9.92. The lowest BCUT2D eigenvalue weighted by molar-refractivity contribution is 0.937. The zero-order valence-electron chi connectivity index (χ0n) is 7.22. The molecule has 0 unspecified atom stereocenters. The fourth-order valence-corrected chi connectivity index (χ4v) is 1.64. The third kappa shape index (κ3) is 1.58. The molecule has 0 nitrogen and oxygen atoms in total. The van der Waals surface area contributed by atoms with Crippen molar-refractivity contribution in [1.29, 1.82) is 0 Å². The van der Waals surface area contributed by atoms with E-state index in [1.807, 2.05) is 0 Å².